The van der Waals surface area contributed by atoms with Crippen LogP contribution in [0.1, 0.15) is 31.7 Å². The van der Waals surface area contributed by atoms with Gasteiger partial charge in [-0.25, -0.2) is 0 Å². The van der Waals surface area contributed by atoms with E-state index in [4.69, 9.17) is 15.3 Å². The van der Waals surface area contributed by atoms with Crippen LogP contribution in [0.5, 0.6) is 5.75 Å². The maximum absolute atomic E-state index is 8.81. The summed E-state index contributed by atoms with van der Waals surface area (Å²) in [6, 6.07) is 11.6. The average Bonchev–Trinajstić information content (AvgIpc) is 2.42. The SMILES string of the molecule is CCCCCOc1ccccc1CC(C#N)C#N. The number of nitriles is 2. The maximum Gasteiger partial charge on any atom is 0.137 e. The second kappa shape index (κ2) is 8.14. The zero-order valence-electron chi connectivity index (χ0n) is 10.7. The Hall–Kier alpha value is -2.00. The van der Waals surface area contributed by atoms with E-state index in [-0.39, 0.29) is 0 Å². The van der Waals surface area contributed by atoms with Crippen molar-refractivity contribution < 1.29 is 4.74 Å². The highest BCUT2D eigenvalue weighted by molar-refractivity contribution is 5.34. The van der Waals surface area contributed by atoms with E-state index in [9.17, 15) is 0 Å². The number of para-hydroxylation sites is 1. The van der Waals surface area contributed by atoms with Crippen molar-refractivity contribution in [3.05, 3.63) is 29.8 Å². The highest BCUT2D eigenvalue weighted by atomic mass is 16.5. The molecule has 1 rings (SSSR count). The van der Waals surface area contributed by atoms with Gasteiger partial charge < -0.3 is 4.74 Å². The van der Waals surface area contributed by atoms with Gasteiger partial charge in [0, 0.05) is 6.42 Å². The third-order valence-electron chi connectivity index (χ3n) is 2.71. The van der Waals surface area contributed by atoms with Gasteiger partial charge in [0.1, 0.15) is 11.7 Å². The molecule has 0 fully saturated rings. The fourth-order valence-corrected chi connectivity index (χ4v) is 1.69. The minimum Gasteiger partial charge on any atom is -0.493 e. The van der Waals surface area contributed by atoms with Crippen molar-refractivity contribution in [2.24, 2.45) is 5.92 Å². The number of hydrogen-bond acceptors (Lipinski definition) is 3. The summed E-state index contributed by atoms with van der Waals surface area (Å²) in [6.07, 6.45) is 3.78. The number of hydrogen-bond donors (Lipinski definition) is 0. The first-order valence-corrected chi connectivity index (χ1v) is 6.31. The lowest BCUT2D eigenvalue weighted by Crippen LogP contribution is -2.04. The van der Waals surface area contributed by atoms with Gasteiger partial charge in [-0.2, -0.15) is 10.5 Å². The van der Waals surface area contributed by atoms with Crippen molar-refractivity contribution in [1.29, 1.82) is 10.5 Å². The largest absolute Gasteiger partial charge is 0.493 e. The van der Waals surface area contributed by atoms with Crippen LogP contribution in [0.4, 0.5) is 0 Å². The van der Waals surface area contributed by atoms with E-state index in [0.717, 1.165) is 30.6 Å². The molecule has 94 valence electrons. The Balaban J connectivity index is 2.62. The maximum atomic E-state index is 8.81. The van der Waals surface area contributed by atoms with E-state index >= 15 is 0 Å². The molecular weight excluding hydrogens is 224 g/mol. The van der Waals surface area contributed by atoms with Gasteiger partial charge in [0.2, 0.25) is 0 Å². The third kappa shape index (κ3) is 4.47. The van der Waals surface area contributed by atoms with Crippen molar-refractivity contribution in [2.45, 2.75) is 32.6 Å². The molecule has 0 unspecified atom stereocenters. The van der Waals surface area contributed by atoms with Crippen molar-refractivity contribution in [3.8, 4) is 17.9 Å². The Morgan fingerprint density at radius 3 is 2.56 bits per heavy atom. The second-order valence-electron chi connectivity index (χ2n) is 4.18. The quantitative estimate of drug-likeness (QED) is 0.688. The predicted molar refractivity (Wildman–Crippen MR) is 69.9 cm³/mol. The molecule has 0 bridgehead atoms. The van der Waals surface area contributed by atoms with Gasteiger partial charge in [-0.15, -0.1) is 0 Å². The van der Waals surface area contributed by atoms with Crippen LogP contribution in [0.2, 0.25) is 0 Å². The van der Waals surface area contributed by atoms with Gasteiger partial charge in [-0.05, 0) is 18.1 Å². The summed E-state index contributed by atoms with van der Waals surface area (Å²) in [5.41, 5.74) is 0.932. The third-order valence-corrected chi connectivity index (χ3v) is 2.71. The first-order chi connectivity index (χ1) is 8.81. The normalized spacial score (nSPS) is 9.78. The smallest absolute Gasteiger partial charge is 0.137 e. The highest BCUT2D eigenvalue weighted by Gasteiger charge is 2.10. The summed E-state index contributed by atoms with van der Waals surface area (Å²) in [4.78, 5) is 0. The van der Waals surface area contributed by atoms with E-state index in [0.29, 0.717) is 13.0 Å². The molecule has 0 heterocycles. The summed E-state index contributed by atoms with van der Waals surface area (Å²) < 4.78 is 5.71. The monoisotopic (exact) mass is 242 g/mol. The number of rotatable bonds is 7. The van der Waals surface area contributed by atoms with Gasteiger partial charge in [0.05, 0.1) is 18.7 Å². The molecule has 0 spiro atoms. The van der Waals surface area contributed by atoms with Crippen LogP contribution in [0, 0.1) is 28.6 Å². The average molecular weight is 242 g/mol. The Bertz CT molecular complexity index is 429. The fourth-order valence-electron chi connectivity index (χ4n) is 1.69. The van der Waals surface area contributed by atoms with Gasteiger partial charge in [-0.1, -0.05) is 38.0 Å². The highest BCUT2D eigenvalue weighted by Crippen LogP contribution is 2.21. The van der Waals surface area contributed by atoms with Crippen LogP contribution in [-0.2, 0) is 6.42 Å². The zero-order chi connectivity index (χ0) is 13.2. The summed E-state index contributed by atoms with van der Waals surface area (Å²) in [6.45, 7) is 2.84. The van der Waals surface area contributed by atoms with Crippen molar-refractivity contribution >= 4 is 0 Å². The molecule has 18 heavy (non-hydrogen) atoms. The molecule has 0 aromatic heterocycles. The van der Waals surface area contributed by atoms with Crippen molar-refractivity contribution in [1.82, 2.24) is 0 Å². The number of nitrogens with zero attached hydrogens (tertiary/aromatic N) is 2. The molecule has 0 atom stereocenters. The van der Waals surface area contributed by atoms with Crippen LogP contribution < -0.4 is 4.74 Å². The lowest BCUT2D eigenvalue weighted by Gasteiger charge is -2.11. The van der Waals surface area contributed by atoms with E-state index in [2.05, 4.69) is 6.92 Å². The van der Waals surface area contributed by atoms with E-state index in [1.165, 1.54) is 0 Å². The lowest BCUT2D eigenvalue weighted by atomic mass is 10.0. The molecule has 0 amide bonds. The van der Waals surface area contributed by atoms with Crippen molar-refractivity contribution in [3.63, 3.8) is 0 Å². The second-order valence-corrected chi connectivity index (χ2v) is 4.18. The number of benzene rings is 1. The van der Waals surface area contributed by atoms with Gasteiger partial charge in [0.15, 0.2) is 0 Å². The Morgan fingerprint density at radius 1 is 1.17 bits per heavy atom. The molecule has 0 aliphatic carbocycles. The van der Waals surface area contributed by atoms with Crippen LogP contribution >= 0.6 is 0 Å². The van der Waals surface area contributed by atoms with Crippen LogP contribution in [-0.4, -0.2) is 6.61 Å². The molecule has 3 nitrogen and oxygen atoms in total. The summed E-state index contributed by atoms with van der Waals surface area (Å²) in [7, 11) is 0. The molecule has 1 aromatic rings. The number of ether oxygens (including phenoxy) is 1. The molecule has 0 saturated carbocycles. The first-order valence-electron chi connectivity index (χ1n) is 6.31. The molecule has 0 aliphatic rings. The minimum atomic E-state index is -0.606. The molecule has 3 heteroatoms. The van der Waals surface area contributed by atoms with E-state index in [1.807, 2.05) is 36.4 Å². The molecule has 0 aliphatic heterocycles. The molecule has 0 N–H and O–H groups in total. The lowest BCUT2D eigenvalue weighted by molar-refractivity contribution is 0.303. The zero-order valence-corrected chi connectivity index (χ0v) is 10.7. The summed E-state index contributed by atoms with van der Waals surface area (Å²) in [5, 5.41) is 17.6. The molecule has 0 radical (unpaired) electrons. The van der Waals surface area contributed by atoms with Gasteiger partial charge in [-0.3, -0.25) is 0 Å². The topological polar surface area (TPSA) is 56.8 Å². The standard InChI is InChI=1S/C15H18N2O/c1-2-3-6-9-18-15-8-5-4-7-14(15)10-13(11-16)12-17/h4-5,7-8,13H,2-3,6,9-10H2,1H3. The molecule has 1 aromatic carbocycles. The van der Waals surface area contributed by atoms with Crippen LogP contribution in [0.3, 0.4) is 0 Å². The first kappa shape index (κ1) is 14.1. The predicted octanol–water partition coefficient (Wildman–Crippen LogP) is 3.46. The summed E-state index contributed by atoms with van der Waals surface area (Å²) >= 11 is 0. The Morgan fingerprint density at radius 2 is 1.89 bits per heavy atom. The molecule has 0 saturated heterocycles. The minimum absolute atomic E-state index is 0.428. The Kier molecular flexibility index (Phi) is 6.36. The van der Waals surface area contributed by atoms with Crippen LogP contribution in [0.25, 0.3) is 0 Å². The fraction of sp³-hybridized carbons (Fsp3) is 0.467. The molecular formula is C15H18N2O. The van der Waals surface area contributed by atoms with Crippen LogP contribution in [0.15, 0.2) is 24.3 Å². The Labute approximate surface area is 109 Å². The van der Waals surface area contributed by atoms with Gasteiger partial charge >= 0.3 is 0 Å². The number of unbranched alkanes of at least 4 members (excludes halogenated alkanes) is 2. The van der Waals surface area contributed by atoms with E-state index in [1.54, 1.807) is 0 Å². The van der Waals surface area contributed by atoms with Gasteiger partial charge in [0.25, 0.3) is 0 Å². The van der Waals surface area contributed by atoms with E-state index < -0.39 is 5.92 Å². The van der Waals surface area contributed by atoms with Crippen molar-refractivity contribution in [2.75, 3.05) is 6.61 Å². The summed E-state index contributed by atoms with van der Waals surface area (Å²) in [5.74, 6) is 0.189.